The summed E-state index contributed by atoms with van der Waals surface area (Å²) in [5, 5.41) is 2.55. The first-order valence-corrected chi connectivity index (χ1v) is 7.76. The van der Waals surface area contributed by atoms with E-state index >= 15 is 0 Å². The largest absolute Gasteiger partial charge is 0.399 e. The predicted octanol–water partition coefficient (Wildman–Crippen LogP) is 0.715. The summed E-state index contributed by atoms with van der Waals surface area (Å²) in [5.74, 6) is -1.26. The minimum atomic E-state index is -3.11. The van der Waals surface area contributed by atoms with Crippen LogP contribution in [0, 0.1) is 5.82 Å². The van der Waals surface area contributed by atoms with Gasteiger partial charge in [0.1, 0.15) is 5.82 Å². The van der Waals surface area contributed by atoms with Gasteiger partial charge in [-0.25, -0.2) is 12.8 Å². The van der Waals surface area contributed by atoms with Crippen molar-refractivity contribution in [2.45, 2.75) is 18.9 Å². The van der Waals surface area contributed by atoms with Crippen LogP contribution in [0.15, 0.2) is 18.2 Å². The maximum absolute atomic E-state index is 13.5. The third kappa shape index (κ3) is 3.44. The molecule has 1 heterocycles. The van der Waals surface area contributed by atoms with Crippen LogP contribution in [0.1, 0.15) is 23.2 Å². The number of sulfone groups is 1. The Kier molecular flexibility index (Phi) is 3.75. The van der Waals surface area contributed by atoms with Gasteiger partial charge in [0.05, 0.1) is 17.1 Å². The Morgan fingerprint density at radius 2 is 2.16 bits per heavy atom. The van der Waals surface area contributed by atoms with Crippen molar-refractivity contribution in [1.29, 1.82) is 0 Å². The third-order valence-electron chi connectivity index (χ3n) is 3.03. The van der Waals surface area contributed by atoms with E-state index in [2.05, 4.69) is 5.32 Å². The molecule has 0 aliphatic carbocycles. The van der Waals surface area contributed by atoms with Crippen LogP contribution in [0.4, 0.5) is 10.1 Å². The van der Waals surface area contributed by atoms with Crippen LogP contribution in [-0.2, 0) is 9.84 Å². The zero-order valence-electron chi connectivity index (χ0n) is 10.2. The highest BCUT2D eigenvalue weighted by Crippen LogP contribution is 2.15. The molecule has 0 radical (unpaired) electrons. The Balaban J connectivity index is 2.11. The van der Waals surface area contributed by atoms with Crippen LogP contribution in [0.5, 0.6) is 0 Å². The van der Waals surface area contributed by atoms with Gasteiger partial charge >= 0.3 is 0 Å². The molecule has 0 aromatic heterocycles. The number of rotatable bonds is 2. The number of hydrogen-bond donors (Lipinski definition) is 2. The summed E-state index contributed by atoms with van der Waals surface area (Å²) in [6.07, 6.45) is 1.08. The van der Waals surface area contributed by atoms with E-state index in [0.29, 0.717) is 12.8 Å². The molecule has 5 nitrogen and oxygen atoms in total. The van der Waals surface area contributed by atoms with E-state index in [-0.39, 0.29) is 22.8 Å². The second kappa shape index (κ2) is 5.16. The van der Waals surface area contributed by atoms with Gasteiger partial charge in [-0.2, -0.15) is 0 Å². The number of anilines is 1. The molecule has 1 fully saturated rings. The molecule has 1 atom stereocenters. The van der Waals surface area contributed by atoms with Crippen LogP contribution in [0.3, 0.4) is 0 Å². The van der Waals surface area contributed by atoms with Crippen LogP contribution >= 0.6 is 0 Å². The Morgan fingerprint density at radius 1 is 1.42 bits per heavy atom. The quantitative estimate of drug-likeness (QED) is 0.784. The molecule has 1 saturated heterocycles. The van der Waals surface area contributed by atoms with Gasteiger partial charge < -0.3 is 11.1 Å². The maximum atomic E-state index is 13.5. The van der Waals surface area contributed by atoms with Gasteiger partial charge in [-0.1, -0.05) is 0 Å². The number of carbonyl (C=O) groups is 1. The van der Waals surface area contributed by atoms with E-state index in [4.69, 9.17) is 5.73 Å². The molecule has 1 unspecified atom stereocenters. The van der Waals surface area contributed by atoms with E-state index in [0.717, 1.165) is 6.07 Å². The number of benzene rings is 1. The number of hydrogen-bond acceptors (Lipinski definition) is 4. The van der Waals surface area contributed by atoms with Gasteiger partial charge in [-0.05, 0) is 31.0 Å². The first-order chi connectivity index (χ1) is 8.87. The van der Waals surface area contributed by atoms with Crippen LogP contribution in [0.2, 0.25) is 0 Å². The van der Waals surface area contributed by atoms with Crippen molar-refractivity contribution < 1.29 is 17.6 Å². The molecule has 0 spiro atoms. The lowest BCUT2D eigenvalue weighted by atomic mass is 10.1. The molecule has 1 aromatic carbocycles. The number of nitrogen functional groups attached to an aromatic ring is 1. The number of amides is 1. The van der Waals surface area contributed by atoms with Crippen LogP contribution < -0.4 is 11.1 Å². The second-order valence-electron chi connectivity index (χ2n) is 4.67. The van der Waals surface area contributed by atoms with Crippen molar-refractivity contribution in [1.82, 2.24) is 5.32 Å². The van der Waals surface area contributed by atoms with Gasteiger partial charge in [0.2, 0.25) is 0 Å². The SMILES string of the molecule is Nc1ccc(F)c(C(=O)NC2CCCS(=O)(=O)C2)c1. The summed E-state index contributed by atoms with van der Waals surface area (Å²) < 4.78 is 36.4. The van der Waals surface area contributed by atoms with Crippen molar-refractivity contribution in [2.75, 3.05) is 17.2 Å². The minimum absolute atomic E-state index is 0.0946. The second-order valence-corrected chi connectivity index (χ2v) is 6.89. The lowest BCUT2D eigenvalue weighted by Gasteiger charge is -2.23. The molecule has 1 amide bonds. The van der Waals surface area contributed by atoms with Crippen LogP contribution in [0.25, 0.3) is 0 Å². The number of nitrogens with one attached hydrogen (secondary N) is 1. The summed E-state index contributed by atoms with van der Waals surface area (Å²) in [5.41, 5.74) is 5.62. The molecule has 7 heteroatoms. The van der Waals surface area contributed by atoms with E-state index in [1.807, 2.05) is 0 Å². The van der Waals surface area contributed by atoms with E-state index in [1.165, 1.54) is 12.1 Å². The molecule has 104 valence electrons. The smallest absolute Gasteiger partial charge is 0.254 e. The van der Waals surface area contributed by atoms with Crippen molar-refractivity contribution in [3.63, 3.8) is 0 Å². The first kappa shape index (κ1) is 13.8. The van der Waals surface area contributed by atoms with E-state index < -0.39 is 27.6 Å². The predicted molar refractivity (Wildman–Crippen MR) is 70.0 cm³/mol. The van der Waals surface area contributed by atoms with Crippen molar-refractivity contribution in [3.05, 3.63) is 29.6 Å². The fourth-order valence-electron chi connectivity index (χ4n) is 2.12. The molecule has 1 aliphatic rings. The fourth-order valence-corrected chi connectivity index (χ4v) is 3.75. The minimum Gasteiger partial charge on any atom is -0.399 e. The Morgan fingerprint density at radius 3 is 2.84 bits per heavy atom. The third-order valence-corrected chi connectivity index (χ3v) is 4.85. The van der Waals surface area contributed by atoms with Gasteiger partial charge in [0.25, 0.3) is 5.91 Å². The standard InChI is InChI=1S/C12H15FN2O3S/c13-11-4-3-8(14)6-10(11)12(16)15-9-2-1-5-19(17,18)7-9/h3-4,6,9H,1-2,5,7,14H2,(H,15,16). The topological polar surface area (TPSA) is 89.3 Å². The Hall–Kier alpha value is -1.63. The first-order valence-electron chi connectivity index (χ1n) is 5.94. The number of halogens is 1. The number of nitrogens with two attached hydrogens (primary N) is 1. The molecular formula is C12H15FN2O3S. The van der Waals surface area contributed by atoms with Crippen molar-refractivity contribution in [3.8, 4) is 0 Å². The summed E-state index contributed by atoms with van der Waals surface area (Å²) in [6.45, 7) is 0. The molecule has 1 aliphatic heterocycles. The van der Waals surface area contributed by atoms with Crippen LogP contribution in [-0.4, -0.2) is 31.9 Å². The van der Waals surface area contributed by atoms with Crippen molar-refractivity contribution in [2.24, 2.45) is 0 Å². The lowest BCUT2D eigenvalue weighted by molar-refractivity contribution is 0.0934. The zero-order valence-corrected chi connectivity index (χ0v) is 11.0. The van der Waals surface area contributed by atoms with Gasteiger partial charge in [-0.15, -0.1) is 0 Å². The molecular weight excluding hydrogens is 271 g/mol. The monoisotopic (exact) mass is 286 g/mol. The fraction of sp³-hybridized carbons (Fsp3) is 0.417. The maximum Gasteiger partial charge on any atom is 0.254 e. The molecule has 19 heavy (non-hydrogen) atoms. The highest BCUT2D eigenvalue weighted by atomic mass is 32.2. The van der Waals surface area contributed by atoms with E-state index in [9.17, 15) is 17.6 Å². The molecule has 1 aromatic rings. The molecule has 0 saturated carbocycles. The highest BCUT2D eigenvalue weighted by molar-refractivity contribution is 7.91. The van der Waals surface area contributed by atoms with Gasteiger partial charge in [0, 0.05) is 11.7 Å². The summed E-state index contributed by atoms with van der Waals surface area (Å²) >= 11 is 0. The normalized spacial score (nSPS) is 21.8. The average Bonchev–Trinajstić information content (AvgIpc) is 2.31. The average molecular weight is 286 g/mol. The Bertz CT molecular complexity index is 601. The molecule has 2 rings (SSSR count). The molecule has 0 bridgehead atoms. The van der Waals surface area contributed by atoms with E-state index in [1.54, 1.807) is 0 Å². The summed E-state index contributed by atoms with van der Waals surface area (Å²) in [4.78, 5) is 11.9. The lowest BCUT2D eigenvalue weighted by Crippen LogP contribution is -2.43. The van der Waals surface area contributed by atoms with Crippen molar-refractivity contribution >= 4 is 21.4 Å². The zero-order chi connectivity index (χ0) is 14.0. The summed E-state index contributed by atoms with van der Waals surface area (Å²) in [7, 11) is -3.11. The van der Waals surface area contributed by atoms with Gasteiger partial charge in [0.15, 0.2) is 9.84 Å². The highest BCUT2D eigenvalue weighted by Gasteiger charge is 2.26. The molecule has 3 N–H and O–H groups in total. The Labute approximate surface area is 110 Å². The van der Waals surface area contributed by atoms with Gasteiger partial charge in [-0.3, -0.25) is 4.79 Å². The summed E-state index contributed by atoms with van der Waals surface area (Å²) in [6, 6.07) is 3.24. The number of carbonyl (C=O) groups excluding carboxylic acids is 1.